The maximum Gasteiger partial charge on any atom is 0.258 e. The van der Waals surface area contributed by atoms with Crippen LogP contribution in [0.5, 0.6) is 5.88 Å². The minimum Gasteiger partial charge on any atom is -0.477 e. The van der Waals surface area contributed by atoms with Crippen molar-refractivity contribution in [1.82, 2.24) is 19.3 Å². The maximum atomic E-state index is 13.5. The van der Waals surface area contributed by atoms with Gasteiger partial charge in [-0.3, -0.25) is 4.79 Å². The van der Waals surface area contributed by atoms with Crippen LogP contribution in [0.4, 0.5) is 0 Å². The average molecular weight is 362 g/mol. The number of imidazole rings is 1. The predicted octanol–water partition coefficient (Wildman–Crippen LogP) is 3.11. The van der Waals surface area contributed by atoms with Gasteiger partial charge in [0.15, 0.2) is 0 Å². The van der Waals surface area contributed by atoms with Crippen LogP contribution in [0.15, 0.2) is 49.1 Å². The molecule has 6 heteroatoms. The first-order chi connectivity index (χ1) is 13.2. The lowest BCUT2D eigenvalue weighted by Gasteiger charge is -2.25. The summed E-state index contributed by atoms with van der Waals surface area (Å²) >= 11 is 0. The second kappa shape index (κ2) is 6.37. The van der Waals surface area contributed by atoms with Crippen LogP contribution < -0.4 is 4.74 Å². The summed E-state index contributed by atoms with van der Waals surface area (Å²) in [4.78, 5) is 24.2. The van der Waals surface area contributed by atoms with Crippen molar-refractivity contribution in [1.29, 1.82) is 0 Å². The number of carbonyl (C=O) groups excluding carboxylic acids is 1. The Morgan fingerprint density at radius 3 is 2.96 bits per heavy atom. The number of hydrogen-bond donors (Lipinski definition) is 0. The second-order valence-electron chi connectivity index (χ2n) is 7.52. The van der Waals surface area contributed by atoms with Crippen molar-refractivity contribution in [3.8, 4) is 5.88 Å². The minimum absolute atomic E-state index is 0.108. The van der Waals surface area contributed by atoms with E-state index in [4.69, 9.17) is 4.74 Å². The zero-order valence-electron chi connectivity index (χ0n) is 15.3. The summed E-state index contributed by atoms with van der Waals surface area (Å²) in [6.07, 6.45) is 10.4. The number of pyridine rings is 2. The monoisotopic (exact) mass is 362 g/mol. The van der Waals surface area contributed by atoms with E-state index in [2.05, 4.69) is 14.9 Å². The number of carbonyl (C=O) groups is 1. The maximum absolute atomic E-state index is 13.5. The molecule has 138 valence electrons. The summed E-state index contributed by atoms with van der Waals surface area (Å²) in [6, 6.07) is 8.20. The molecule has 2 bridgehead atoms. The molecule has 2 saturated heterocycles. The van der Waals surface area contributed by atoms with E-state index in [0.717, 1.165) is 36.0 Å². The number of amides is 1. The Hall–Kier alpha value is -2.89. The molecule has 0 aliphatic carbocycles. The van der Waals surface area contributed by atoms with Gasteiger partial charge in [-0.05, 0) is 43.9 Å². The van der Waals surface area contributed by atoms with Gasteiger partial charge in [-0.1, -0.05) is 6.07 Å². The number of rotatable bonds is 4. The van der Waals surface area contributed by atoms with E-state index >= 15 is 0 Å². The fraction of sp³-hybridized carbons (Fsp3) is 0.381. The van der Waals surface area contributed by atoms with Crippen molar-refractivity contribution in [2.24, 2.45) is 5.92 Å². The van der Waals surface area contributed by atoms with Gasteiger partial charge in [0.25, 0.3) is 5.91 Å². The lowest BCUT2D eigenvalue weighted by molar-refractivity contribution is 0.0710. The van der Waals surface area contributed by atoms with Crippen LogP contribution in [0.25, 0.3) is 5.65 Å². The third-order valence-electron chi connectivity index (χ3n) is 5.97. The lowest BCUT2D eigenvalue weighted by atomic mass is 9.90. The molecule has 6 nitrogen and oxygen atoms in total. The molecule has 3 aromatic rings. The van der Waals surface area contributed by atoms with Crippen LogP contribution in [0.1, 0.15) is 35.2 Å². The van der Waals surface area contributed by atoms with E-state index < -0.39 is 0 Å². The van der Waals surface area contributed by atoms with Crippen molar-refractivity contribution >= 4 is 11.6 Å². The summed E-state index contributed by atoms with van der Waals surface area (Å²) in [6.45, 7) is 2.59. The molecule has 3 aromatic heterocycles. The Morgan fingerprint density at radius 2 is 2.11 bits per heavy atom. The van der Waals surface area contributed by atoms with Crippen LogP contribution in [0.3, 0.4) is 0 Å². The number of hydrogen-bond acceptors (Lipinski definition) is 4. The SMILES string of the molecule is Cc1ccn2ccnc2c1C(=O)N1C2CCC1C(COc1ccccn1)C2. The quantitative estimate of drug-likeness (QED) is 0.716. The predicted molar refractivity (Wildman–Crippen MR) is 101 cm³/mol. The molecular formula is C21H22N4O2. The van der Waals surface area contributed by atoms with Crippen LogP contribution >= 0.6 is 0 Å². The zero-order valence-corrected chi connectivity index (χ0v) is 15.3. The number of aryl methyl sites for hydroxylation is 1. The molecule has 2 aliphatic rings. The molecule has 5 rings (SSSR count). The largest absolute Gasteiger partial charge is 0.477 e. The smallest absolute Gasteiger partial charge is 0.258 e. The van der Waals surface area contributed by atoms with E-state index in [1.54, 1.807) is 12.4 Å². The molecule has 3 atom stereocenters. The molecule has 0 N–H and O–H groups in total. The average Bonchev–Trinajstić information content (AvgIpc) is 3.40. The molecule has 27 heavy (non-hydrogen) atoms. The second-order valence-corrected chi connectivity index (χ2v) is 7.52. The Balaban J connectivity index is 1.38. The molecule has 1 amide bonds. The van der Waals surface area contributed by atoms with Gasteiger partial charge < -0.3 is 14.0 Å². The van der Waals surface area contributed by atoms with Gasteiger partial charge in [0.05, 0.1) is 12.2 Å². The first-order valence-electron chi connectivity index (χ1n) is 9.51. The number of aromatic nitrogens is 3. The molecule has 0 spiro atoms. The highest BCUT2D eigenvalue weighted by atomic mass is 16.5. The van der Waals surface area contributed by atoms with Crippen LogP contribution in [-0.2, 0) is 0 Å². The number of fused-ring (bicyclic) bond motifs is 3. The van der Waals surface area contributed by atoms with Gasteiger partial charge in [0, 0.05) is 48.9 Å². The summed E-state index contributed by atoms with van der Waals surface area (Å²) in [5.74, 6) is 1.11. The van der Waals surface area contributed by atoms with E-state index in [-0.39, 0.29) is 11.9 Å². The molecule has 3 unspecified atom stereocenters. The van der Waals surface area contributed by atoms with E-state index in [9.17, 15) is 4.79 Å². The van der Waals surface area contributed by atoms with Gasteiger partial charge >= 0.3 is 0 Å². The number of ether oxygens (including phenoxy) is 1. The molecule has 0 saturated carbocycles. The minimum atomic E-state index is 0.108. The Labute approximate surface area is 157 Å². The highest BCUT2D eigenvalue weighted by molar-refractivity contribution is 6.01. The summed E-state index contributed by atoms with van der Waals surface area (Å²) in [7, 11) is 0. The molecular weight excluding hydrogens is 340 g/mol. The fourth-order valence-electron chi connectivity index (χ4n) is 4.71. The molecule has 5 heterocycles. The number of nitrogens with zero attached hydrogens (tertiary/aromatic N) is 4. The first-order valence-corrected chi connectivity index (χ1v) is 9.51. The normalized spacial score (nSPS) is 23.9. The highest BCUT2D eigenvalue weighted by Gasteiger charge is 2.49. The van der Waals surface area contributed by atoms with E-state index in [1.807, 2.05) is 48.0 Å². The Morgan fingerprint density at radius 1 is 1.19 bits per heavy atom. The lowest BCUT2D eigenvalue weighted by Crippen LogP contribution is -2.38. The molecule has 0 radical (unpaired) electrons. The standard InChI is InChI=1S/C21H22N4O2/c1-14-7-10-24-11-9-23-20(24)19(14)21(26)25-16-5-6-17(25)15(12-16)13-27-18-4-2-3-8-22-18/h2-4,7-11,15-17H,5-6,12-13H2,1H3. The van der Waals surface area contributed by atoms with Gasteiger partial charge in [-0.15, -0.1) is 0 Å². The van der Waals surface area contributed by atoms with Gasteiger partial charge in [0.1, 0.15) is 5.65 Å². The summed E-state index contributed by atoms with van der Waals surface area (Å²) in [5, 5.41) is 0. The topological polar surface area (TPSA) is 59.7 Å². The van der Waals surface area contributed by atoms with Gasteiger partial charge in [-0.25, -0.2) is 9.97 Å². The van der Waals surface area contributed by atoms with Gasteiger partial charge in [-0.2, -0.15) is 0 Å². The van der Waals surface area contributed by atoms with Crippen molar-refractivity contribution in [2.75, 3.05) is 6.61 Å². The first kappa shape index (κ1) is 16.3. The van der Waals surface area contributed by atoms with Crippen molar-refractivity contribution in [3.63, 3.8) is 0 Å². The summed E-state index contributed by atoms with van der Waals surface area (Å²) < 4.78 is 7.81. The molecule has 0 aromatic carbocycles. The van der Waals surface area contributed by atoms with Crippen molar-refractivity contribution < 1.29 is 9.53 Å². The van der Waals surface area contributed by atoms with Crippen molar-refractivity contribution in [3.05, 3.63) is 60.2 Å². The third-order valence-corrected chi connectivity index (χ3v) is 5.97. The van der Waals surface area contributed by atoms with E-state index in [0.29, 0.717) is 24.4 Å². The van der Waals surface area contributed by atoms with Crippen LogP contribution in [-0.4, -0.2) is 43.9 Å². The van der Waals surface area contributed by atoms with E-state index in [1.165, 1.54) is 0 Å². The third kappa shape index (κ3) is 2.67. The summed E-state index contributed by atoms with van der Waals surface area (Å²) in [5.41, 5.74) is 2.45. The Kier molecular flexibility index (Phi) is 3.85. The van der Waals surface area contributed by atoms with Crippen LogP contribution in [0, 0.1) is 12.8 Å². The zero-order chi connectivity index (χ0) is 18.4. The van der Waals surface area contributed by atoms with Crippen molar-refractivity contribution in [2.45, 2.75) is 38.3 Å². The molecule has 2 aliphatic heterocycles. The Bertz CT molecular complexity index is 984. The van der Waals surface area contributed by atoms with Gasteiger partial charge in [0.2, 0.25) is 5.88 Å². The highest BCUT2D eigenvalue weighted by Crippen LogP contribution is 2.43. The fourth-order valence-corrected chi connectivity index (χ4v) is 4.71. The van der Waals surface area contributed by atoms with Crippen LogP contribution in [0.2, 0.25) is 0 Å². The molecule has 2 fully saturated rings.